The van der Waals surface area contributed by atoms with E-state index in [9.17, 15) is 0 Å². The Hall–Kier alpha value is -0.890. The van der Waals surface area contributed by atoms with Crippen molar-refractivity contribution < 1.29 is 0 Å². The van der Waals surface area contributed by atoms with Gasteiger partial charge in [-0.3, -0.25) is 4.98 Å². The molecule has 72 valence electrons. The van der Waals surface area contributed by atoms with E-state index in [0.29, 0.717) is 0 Å². The first-order valence-electron chi connectivity index (χ1n) is 4.59. The van der Waals surface area contributed by atoms with Gasteiger partial charge in [0.05, 0.1) is 0 Å². The molecule has 0 unspecified atom stereocenters. The van der Waals surface area contributed by atoms with Gasteiger partial charge in [-0.15, -0.1) is 0 Å². The van der Waals surface area contributed by atoms with Crippen LogP contribution in [0.2, 0.25) is 0 Å². The van der Waals surface area contributed by atoms with Crippen LogP contribution in [0.5, 0.6) is 0 Å². The number of hydrogen-bond donors (Lipinski definition) is 1. The van der Waals surface area contributed by atoms with Crippen LogP contribution in [0.25, 0.3) is 0 Å². The second-order valence-corrected chi connectivity index (χ2v) is 4.58. The topological polar surface area (TPSA) is 38.9 Å². The van der Waals surface area contributed by atoms with Crippen molar-refractivity contribution in [3.05, 3.63) is 29.6 Å². The molecule has 2 heteroatoms. The Morgan fingerprint density at radius 1 is 1.31 bits per heavy atom. The van der Waals surface area contributed by atoms with Crippen molar-refractivity contribution in [2.24, 2.45) is 11.1 Å². The summed E-state index contributed by atoms with van der Waals surface area (Å²) in [5.74, 6) is 0. The normalized spacial score (nSPS) is 14.2. The third-order valence-corrected chi connectivity index (χ3v) is 2.23. The first-order chi connectivity index (χ1) is 5.91. The quantitative estimate of drug-likeness (QED) is 0.717. The minimum absolute atomic E-state index is 0.0561. The highest BCUT2D eigenvalue weighted by Gasteiger charge is 2.22. The number of nitrogens with zero attached hydrogens (tertiary/aromatic N) is 1. The summed E-state index contributed by atoms with van der Waals surface area (Å²) in [6.45, 7) is 8.39. The summed E-state index contributed by atoms with van der Waals surface area (Å²) in [5.41, 5.74) is 8.32. The average molecular weight is 178 g/mol. The fraction of sp³-hybridized carbons (Fsp3) is 0.545. The second kappa shape index (κ2) is 3.46. The number of rotatable bonds is 1. The molecule has 1 heterocycles. The van der Waals surface area contributed by atoms with Crippen LogP contribution in [0, 0.1) is 12.3 Å². The Labute approximate surface area is 80.2 Å². The van der Waals surface area contributed by atoms with Crippen LogP contribution < -0.4 is 5.73 Å². The Kier molecular flexibility index (Phi) is 2.71. The van der Waals surface area contributed by atoms with Gasteiger partial charge in [-0.2, -0.15) is 0 Å². The summed E-state index contributed by atoms with van der Waals surface area (Å²) in [6, 6.07) is 4.11. The van der Waals surface area contributed by atoms with Gasteiger partial charge in [0, 0.05) is 17.9 Å². The van der Waals surface area contributed by atoms with Crippen molar-refractivity contribution in [2.45, 2.75) is 33.7 Å². The molecule has 1 atom stereocenters. The van der Waals surface area contributed by atoms with Crippen LogP contribution in [0.15, 0.2) is 18.3 Å². The van der Waals surface area contributed by atoms with Crippen LogP contribution in [0.4, 0.5) is 0 Å². The van der Waals surface area contributed by atoms with E-state index in [4.69, 9.17) is 5.73 Å². The minimum atomic E-state index is 0.0561. The predicted octanol–water partition coefficient (Wildman–Crippen LogP) is 2.44. The van der Waals surface area contributed by atoms with E-state index in [2.05, 4.69) is 31.8 Å². The molecule has 0 aliphatic carbocycles. The van der Waals surface area contributed by atoms with Gasteiger partial charge in [-0.25, -0.2) is 0 Å². The second-order valence-electron chi connectivity index (χ2n) is 4.58. The van der Waals surface area contributed by atoms with Crippen molar-refractivity contribution in [1.82, 2.24) is 4.98 Å². The van der Waals surface area contributed by atoms with E-state index < -0.39 is 0 Å². The average Bonchev–Trinajstić information content (AvgIpc) is 2.03. The predicted molar refractivity (Wildman–Crippen MR) is 55.4 cm³/mol. The van der Waals surface area contributed by atoms with Crippen LogP contribution >= 0.6 is 0 Å². The monoisotopic (exact) mass is 178 g/mol. The summed E-state index contributed by atoms with van der Waals surface area (Å²) >= 11 is 0. The molecule has 0 amide bonds. The van der Waals surface area contributed by atoms with Crippen LogP contribution in [-0.4, -0.2) is 4.98 Å². The molecule has 0 radical (unpaired) electrons. The smallest absolute Gasteiger partial charge is 0.0372 e. The van der Waals surface area contributed by atoms with Gasteiger partial charge >= 0.3 is 0 Å². The molecular weight excluding hydrogens is 160 g/mol. The Morgan fingerprint density at radius 3 is 2.31 bits per heavy atom. The zero-order chi connectivity index (χ0) is 10.1. The van der Waals surface area contributed by atoms with E-state index in [-0.39, 0.29) is 11.5 Å². The molecular formula is C11H18N2. The fourth-order valence-corrected chi connectivity index (χ4v) is 1.16. The maximum Gasteiger partial charge on any atom is 0.0372 e. The molecule has 2 N–H and O–H groups in total. The molecule has 0 spiro atoms. The largest absolute Gasteiger partial charge is 0.323 e. The van der Waals surface area contributed by atoms with Crippen molar-refractivity contribution in [3.8, 4) is 0 Å². The number of nitrogens with two attached hydrogens (primary N) is 1. The summed E-state index contributed by atoms with van der Waals surface area (Å²) in [5, 5.41) is 0. The lowest BCUT2D eigenvalue weighted by Gasteiger charge is -2.27. The molecule has 0 fully saturated rings. The molecule has 0 saturated carbocycles. The first kappa shape index (κ1) is 10.2. The maximum absolute atomic E-state index is 6.08. The summed E-state index contributed by atoms with van der Waals surface area (Å²) in [6.07, 6.45) is 1.87. The molecule has 0 bridgehead atoms. The SMILES string of the molecule is Cc1ccc([C@@H](N)C(C)(C)C)cn1. The maximum atomic E-state index is 6.08. The first-order valence-corrected chi connectivity index (χ1v) is 4.59. The van der Waals surface area contributed by atoms with E-state index in [0.717, 1.165) is 11.3 Å². The lowest BCUT2D eigenvalue weighted by molar-refractivity contribution is 0.326. The fourth-order valence-electron chi connectivity index (χ4n) is 1.16. The van der Waals surface area contributed by atoms with Gasteiger partial charge in [0.15, 0.2) is 0 Å². The molecule has 2 nitrogen and oxygen atoms in total. The van der Waals surface area contributed by atoms with Gasteiger partial charge in [0.1, 0.15) is 0 Å². The summed E-state index contributed by atoms with van der Waals surface area (Å²) < 4.78 is 0. The van der Waals surface area contributed by atoms with Gasteiger partial charge in [-0.05, 0) is 24.0 Å². The van der Waals surface area contributed by atoms with Crippen molar-refractivity contribution in [2.75, 3.05) is 0 Å². The van der Waals surface area contributed by atoms with Crippen molar-refractivity contribution in [1.29, 1.82) is 0 Å². The lowest BCUT2D eigenvalue weighted by atomic mass is 9.84. The van der Waals surface area contributed by atoms with E-state index in [1.165, 1.54) is 0 Å². The Bertz CT molecular complexity index is 269. The highest BCUT2D eigenvalue weighted by Crippen LogP contribution is 2.29. The zero-order valence-corrected chi connectivity index (χ0v) is 8.83. The van der Waals surface area contributed by atoms with E-state index in [1.807, 2.05) is 19.2 Å². The van der Waals surface area contributed by atoms with E-state index >= 15 is 0 Å². The molecule has 13 heavy (non-hydrogen) atoms. The van der Waals surface area contributed by atoms with Crippen molar-refractivity contribution >= 4 is 0 Å². The van der Waals surface area contributed by atoms with Gasteiger partial charge < -0.3 is 5.73 Å². The summed E-state index contributed by atoms with van der Waals surface area (Å²) in [4.78, 5) is 4.23. The number of aromatic nitrogens is 1. The minimum Gasteiger partial charge on any atom is -0.323 e. The van der Waals surface area contributed by atoms with Gasteiger partial charge in [0.2, 0.25) is 0 Å². The Morgan fingerprint density at radius 2 is 1.92 bits per heavy atom. The van der Waals surface area contributed by atoms with E-state index in [1.54, 1.807) is 0 Å². The van der Waals surface area contributed by atoms with Crippen LogP contribution in [0.3, 0.4) is 0 Å². The van der Waals surface area contributed by atoms with Gasteiger partial charge in [-0.1, -0.05) is 26.8 Å². The van der Waals surface area contributed by atoms with Crippen LogP contribution in [-0.2, 0) is 0 Å². The van der Waals surface area contributed by atoms with Crippen molar-refractivity contribution in [3.63, 3.8) is 0 Å². The molecule has 0 aromatic carbocycles. The third kappa shape index (κ3) is 2.52. The number of pyridine rings is 1. The molecule has 1 aromatic heterocycles. The molecule has 1 aromatic rings. The molecule has 0 saturated heterocycles. The van der Waals surface area contributed by atoms with Crippen LogP contribution in [0.1, 0.15) is 38.1 Å². The third-order valence-electron chi connectivity index (χ3n) is 2.23. The number of aryl methyl sites for hydroxylation is 1. The molecule has 1 rings (SSSR count). The summed E-state index contributed by atoms with van der Waals surface area (Å²) in [7, 11) is 0. The Balaban J connectivity index is 2.90. The highest BCUT2D eigenvalue weighted by molar-refractivity contribution is 5.18. The molecule has 0 aliphatic rings. The standard InChI is InChI=1S/C11H18N2/c1-8-5-6-9(7-13-8)10(12)11(2,3)4/h5-7,10H,12H2,1-4H3/t10-/m1/s1. The number of hydrogen-bond acceptors (Lipinski definition) is 2. The van der Waals surface area contributed by atoms with Gasteiger partial charge in [0.25, 0.3) is 0 Å². The lowest BCUT2D eigenvalue weighted by Crippen LogP contribution is -2.26. The molecule has 0 aliphatic heterocycles. The zero-order valence-electron chi connectivity index (χ0n) is 8.83. The highest BCUT2D eigenvalue weighted by atomic mass is 14.7.